The average molecular weight is 403 g/mol. The van der Waals surface area contributed by atoms with E-state index in [1.165, 1.54) is 18.4 Å². The quantitative estimate of drug-likeness (QED) is 0.676. The summed E-state index contributed by atoms with van der Waals surface area (Å²) in [4.78, 5) is 16.9. The van der Waals surface area contributed by atoms with Crippen LogP contribution in [0.25, 0.3) is 0 Å². The molecule has 0 radical (unpaired) electrons. The van der Waals surface area contributed by atoms with Crippen molar-refractivity contribution in [3.05, 3.63) is 52.8 Å². The third kappa shape index (κ3) is 6.08. The first-order chi connectivity index (χ1) is 13.5. The molecule has 0 N–H and O–H groups in total. The van der Waals surface area contributed by atoms with Crippen LogP contribution in [-0.2, 0) is 17.8 Å². The fourth-order valence-electron chi connectivity index (χ4n) is 3.96. The molecule has 1 aromatic carbocycles. The van der Waals surface area contributed by atoms with Gasteiger partial charge >= 0.3 is 0 Å². The number of carbonyl (C=O) groups excluding carboxylic acids is 1. The van der Waals surface area contributed by atoms with Gasteiger partial charge in [-0.15, -0.1) is 0 Å². The van der Waals surface area contributed by atoms with E-state index in [1.54, 1.807) is 6.20 Å². The predicted molar refractivity (Wildman–Crippen MR) is 114 cm³/mol. The highest BCUT2D eigenvalue weighted by atomic mass is 35.5. The Labute approximate surface area is 173 Å². The monoisotopic (exact) mass is 402 g/mol. The topological polar surface area (TPSA) is 41.4 Å². The Bertz CT molecular complexity index is 758. The maximum Gasteiger partial charge on any atom is 0.224 e. The number of halogens is 1. The molecule has 3 rings (SSSR count). The number of amides is 1. The van der Waals surface area contributed by atoms with Gasteiger partial charge in [-0.3, -0.25) is 9.48 Å². The van der Waals surface area contributed by atoms with Crippen molar-refractivity contribution < 1.29 is 4.79 Å². The van der Waals surface area contributed by atoms with Gasteiger partial charge in [0.25, 0.3) is 0 Å². The Kier molecular flexibility index (Phi) is 7.51. The van der Waals surface area contributed by atoms with Crippen molar-refractivity contribution in [1.29, 1.82) is 0 Å². The van der Waals surface area contributed by atoms with E-state index in [0.717, 1.165) is 43.3 Å². The van der Waals surface area contributed by atoms with Crippen molar-refractivity contribution >= 4 is 17.5 Å². The summed E-state index contributed by atoms with van der Waals surface area (Å²) in [6.45, 7) is 6.80. The summed E-state index contributed by atoms with van der Waals surface area (Å²) in [5.74, 6) is 0.757. The predicted octanol–water partition coefficient (Wildman–Crippen LogP) is 3.65. The molecule has 1 fully saturated rings. The number of nitrogens with zero attached hydrogens (tertiary/aromatic N) is 4. The second kappa shape index (κ2) is 10.1. The summed E-state index contributed by atoms with van der Waals surface area (Å²) in [7, 11) is 1.94. The van der Waals surface area contributed by atoms with E-state index in [2.05, 4.69) is 22.1 Å². The Morgan fingerprint density at radius 3 is 2.75 bits per heavy atom. The van der Waals surface area contributed by atoms with Crippen LogP contribution in [0.1, 0.15) is 30.5 Å². The van der Waals surface area contributed by atoms with Gasteiger partial charge in [0.1, 0.15) is 0 Å². The zero-order chi connectivity index (χ0) is 19.9. The Balaban J connectivity index is 1.41. The molecule has 1 aliphatic heterocycles. The van der Waals surface area contributed by atoms with Gasteiger partial charge in [0.2, 0.25) is 5.91 Å². The first kappa shape index (κ1) is 20.9. The van der Waals surface area contributed by atoms with Gasteiger partial charge in [-0.05, 0) is 62.4 Å². The fraction of sp³-hybridized carbons (Fsp3) is 0.545. The van der Waals surface area contributed by atoms with Crippen molar-refractivity contribution in [1.82, 2.24) is 19.6 Å². The van der Waals surface area contributed by atoms with Gasteiger partial charge in [-0.2, -0.15) is 5.10 Å². The lowest BCUT2D eigenvalue weighted by molar-refractivity contribution is -0.131. The number of hydrogen-bond acceptors (Lipinski definition) is 3. The van der Waals surface area contributed by atoms with Gasteiger partial charge in [-0.25, -0.2) is 0 Å². The second-order valence-corrected chi connectivity index (χ2v) is 8.34. The van der Waals surface area contributed by atoms with Crippen LogP contribution in [0.2, 0.25) is 5.02 Å². The largest absolute Gasteiger partial charge is 0.345 e. The molecular weight excluding hydrogens is 372 g/mol. The van der Waals surface area contributed by atoms with E-state index in [9.17, 15) is 4.79 Å². The number of aromatic nitrogens is 2. The molecule has 2 heterocycles. The van der Waals surface area contributed by atoms with Gasteiger partial charge < -0.3 is 9.80 Å². The molecular formula is C22H31ClN4O. The lowest BCUT2D eigenvalue weighted by atomic mass is 9.97. The van der Waals surface area contributed by atoms with E-state index in [4.69, 9.17) is 11.6 Å². The summed E-state index contributed by atoms with van der Waals surface area (Å²) in [5, 5.41) is 5.04. The maximum atomic E-state index is 12.5. The number of piperidine rings is 1. The van der Waals surface area contributed by atoms with Crippen molar-refractivity contribution in [2.24, 2.45) is 5.92 Å². The lowest BCUT2D eigenvalue weighted by Gasteiger charge is -2.34. The minimum atomic E-state index is 0.202. The number of hydrogen-bond donors (Lipinski definition) is 0. The van der Waals surface area contributed by atoms with Crippen LogP contribution in [0, 0.1) is 12.8 Å². The van der Waals surface area contributed by atoms with Crippen molar-refractivity contribution in [3.63, 3.8) is 0 Å². The van der Waals surface area contributed by atoms with Crippen LogP contribution in [0.4, 0.5) is 0 Å². The van der Waals surface area contributed by atoms with E-state index in [-0.39, 0.29) is 5.91 Å². The smallest absolute Gasteiger partial charge is 0.224 e. The van der Waals surface area contributed by atoms with Crippen molar-refractivity contribution in [2.75, 3.05) is 33.2 Å². The summed E-state index contributed by atoms with van der Waals surface area (Å²) in [5.41, 5.74) is 2.42. The molecule has 1 atom stereocenters. The third-order valence-electron chi connectivity index (χ3n) is 5.66. The van der Waals surface area contributed by atoms with Gasteiger partial charge in [-0.1, -0.05) is 23.7 Å². The zero-order valence-electron chi connectivity index (χ0n) is 17.0. The highest BCUT2D eigenvalue weighted by Gasteiger charge is 2.22. The summed E-state index contributed by atoms with van der Waals surface area (Å²) in [6.07, 6.45) is 5.74. The molecule has 0 saturated carbocycles. The first-order valence-corrected chi connectivity index (χ1v) is 10.6. The van der Waals surface area contributed by atoms with Crippen LogP contribution in [0.3, 0.4) is 0 Å². The fourth-order valence-corrected chi connectivity index (χ4v) is 4.08. The summed E-state index contributed by atoms with van der Waals surface area (Å²) < 4.78 is 1.89. The Morgan fingerprint density at radius 2 is 2.04 bits per heavy atom. The van der Waals surface area contributed by atoms with Crippen LogP contribution in [0.15, 0.2) is 36.5 Å². The third-order valence-corrected chi connectivity index (χ3v) is 5.91. The minimum absolute atomic E-state index is 0.202. The average Bonchev–Trinajstić information content (AvgIpc) is 3.10. The van der Waals surface area contributed by atoms with E-state index < -0.39 is 0 Å². The maximum absolute atomic E-state index is 12.5. The van der Waals surface area contributed by atoms with Crippen LogP contribution in [-0.4, -0.2) is 58.7 Å². The molecule has 1 amide bonds. The summed E-state index contributed by atoms with van der Waals surface area (Å²) >= 11 is 5.97. The molecule has 152 valence electrons. The van der Waals surface area contributed by atoms with Crippen molar-refractivity contribution in [3.8, 4) is 0 Å². The molecule has 0 aliphatic carbocycles. The van der Waals surface area contributed by atoms with Crippen LogP contribution < -0.4 is 0 Å². The van der Waals surface area contributed by atoms with Gasteiger partial charge in [0, 0.05) is 56.6 Å². The van der Waals surface area contributed by atoms with E-state index in [1.807, 2.05) is 41.8 Å². The molecule has 2 aromatic rings. The highest BCUT2D eigenvalue weighted by Crippen LogP contribution is 2.19. The highest BCUT2D eigenvalue weighted by molar-refractivity contribution is 6.30. The van der Waals surface area contributed by atoms with Crippen LogP contribution >= 0.6 is 11.6 Å². The number of likely N-dealkylation sites (tertiary alicyclic amines) is 1. The number of benzene rings is 1. The molecule has 6 heteroatoms. The van der Waals surface area contributed by atoms with Crippen LogP contribution in [0.5, 0.6) is 0 Å². The molecule has 0 spiro atoms. The second-order valence-electron chi connectivity index (χ2n) is 7.91. The van der Waals surface area contributed by atoms with Gasteiger partial charge in [0.05, 0.1) is 0 Å². The zero-order valence-corrected chi connectivity index (χ0v) is 17.7. The van der Waals surface area contributed by atoms with Gasteiger partial charge in [0.15, 0.2) is 0 Å². The van der Waals surface area contributed by atoms with Crippen molar-refractivity contribution in [2.45, 2.75) is 39.2 Å². The van der Waals surface area contributed by atoms with E-state index >= 15 is 0 Å². The standard InChI is InChI=1S/C22H31ClN4O/c1-18-9-12-24-27(18)15-11-22(28)25(2)16-20-4-3-13-26(17-20)14-10-19-5-7-21(23)8-6-19/h5-9,12,20H,3-4,10-11,13-17H2,1-2H3. The SMILES string of the molecule is Cc1ccnn1CCC(=O)N(C)CC1CCCN(CCc2ccc(Cl)cc2)C1. The minimum Gasteiger partial charge on any atom is -0.345 e. The molecule has 28 heavy (non-hydrogen) atoms. The molecule has 1 unspecified atom stereocenters. The molecule has 5 nitrogen and oxygen atoms in total. The van der Waals surface area contributed by atoms with E-state index in [0.29, 0.717) is 18.9 Å². The first-order valence-electron chi connectivity index (χ1n) is 10.2. The molecule has 1 saturated heterocycles. The normalized spacial score (nSPS) is 17.6. The number of carbonyl (C=O) groups is 1. The Morgan fingerprint density at radius 1 is 1.25 bits per heavy atom. The number of rotatable bonds is 8. The molecule has 1 aromatic heterocycles. The molecule has 1 aliphatic rings. The lowest BCUT2D eigenvalue weighted by Crippen LogP contribution is -2.42. The Hall–Kier alpha value is -1.85. The molecule has 0 bridgehead atoms. The summed E-state index contributed by atoms with van der Waals surface area (Å²) in [6, 6.07) is 10.1. The number of aryl methyl sites for hydroxylation is 2.